The number of amidine groups is 1. The molecule has 6 spiro atoms. The fourth-order valence-corrected chi connectivity index (χ4v) is 22.3. The molecule has 7 aromatic rings. The molecule has 19 rings (SSSR count). The maximum absolute atomic E-state index is 15.1. The Labute approximate surface area is 728 Å². The smallest absolute Gasteiger partial charge is 0.262 e. The molecule has 0 bridgehead atoms. The van der Waals surface area contributed by atoms with Crippen molar-refractivity contribution in [2.45, 2.75) is 232 Å². The van der Waals surface area contributed by atoms with Crippen LogP contribution in [-0.2, 0) is 108 Å². The topological polar surface area (TPSA) is 221 Å². The highest BCUT2D eigenvalue weighted by Gasteiger charge is 2.69. The highest BCUT2D eigenvalue weighted by Crippen LogP contribution is 2.65. The molecule has 9 aliphatic carbocycles. The second-order valence-corrected chi connectivity index (χ2v) is 36.7. The van der Waals surface area contributed by atoms with Crippen LogP contribution in [0.2, 0.25) is 0 Å². The van der Waals surface area contributed by atoms with Crippen LogP contribution in [0.5, 0.6) is 0 Å². The molecule has 0 radical (unpaired) electrons. The molecule has 7 fully saturated rings. The normalized spacial score (nSPS) is 27.2. The molecule has 15 nitrogen and oxygen atoms in total. The summed E-state index contributed by atoms with van der Waals surface area (Å²) in [5.74, 6) is 2.43. The van der Waals surface area contributed by atoms with E-state index >= 15 is 4.79 Å². The van der Waals surface area contributed by atoms with Gasteiger partial charge in [-0.1, -0.05) is 169 Å². The predicted octanol–water partition coefficient (Wildman–Crippen LogP) is 19.3. The van der Waals surface area contributed by atoms with Gasteiger partial charge in [-0.2, -0.15) is 0 Å². The number of nitrogens with one attached hydrogen (secondary N) is 2. The van der Waals surface area contributed by atoms with E-state index in [4.69, 9.17) is 42.1 Å². The summed E-state index contributed by atoms with van der Waals surface area (Å²) >= 11 is 10.2. The lowest BCUT2D eigenvalue weighted by atomic mass is 9.61. The van der Waals surface area contributed by atoms with E-state index in [1.807, 2.05) is 4.90 Å². The first-order valence-corrected chi connectivity index (χ1v) is 44.7. The fourth-order valence-electron chi connectivity index (χ4n) is 20.7. The van der Waals surface area contributed by atoms with Gasteiger partial charge in [0.2, 0.25) is 0 Å². The Balaban J connectivity index is 0.000000146. The average Bonchev–Trinajstić information content (AvgIpc) is 1.53. The van der Waals surface area contributed by atoms with Crippen LogP contribution in [0.4, 0.5) is 17.6 Å². The van der Waals surface area contributed by atoms with Gasteiger partial charge in [-0.15, -0.1) is 24.0 Å². The largest absolute Gasteiger partial charge is 0.381 e. The van der Waals surface area contributed by atoms with Crippen LogP contribution in [0.15, 0.2) is 162 Å². The molecule has 9 N–H and O–H groups in total. The number of aryl methyl sites for hydroxylation is 3. The summed E-state index contributed by atoms with van der Waals surface area (Å²) in [6.45, 7) is 0.618. The lowest BCUT2D eigenvalue weighted by Gasteiger charge is -2.46. The summed E-state index contributed by atoms with van der Waals surface area (Å²) < 4.78 is 70.1. The first-order chi connectivity index (χ1) is 56.2. The molecule has 3 unspecified atom stereocenters. The Kier molecular flexibility index (Phi) is 28.5. The molecule has 3 heterocycles. The first-order valence-electron chi connectivity index (χ1n) is 42.1. The van der Waals surface area contributed by atoms with Crippen molar-refractivity contribution >= 4 is 97.8 Å². The van der Waals surface area contributed by atoms with Crippen molar-refractivity contribution in [3.63, 3.8) is 0 Å². The Morgan fingerprint density at radius 1 is 0.475 bits per heavy atom. The minimum Gasteiger partial charge on any atom is -0.381 e. The molecule has 12 aliphatic rings. The van der Waals surface area contributed by atoms with Crippen molar-refractivity contribution in [1.82, 2.24) is 26.6 Å². The number of amides is 3. The summed E-state index contributed by atoms with van der Waals surface area (Å²) in [7, 11) is 6.85. The van der Waals surface area contributed by atoms with Gasteiger partial charge in [0.05, 0.1) is 31.4 Å². The van der Waals surface area contributed by atoms with Gasteiger partial charge >= 0.3 is 0 Å². The monoisotopic (exact) mass is 1820 g/mol. The third-order valence-corrected chi connectivity index (χ3v) is 29.7. The Morgan fingerprint density at radius 3 is 1.19 bits per heavy atom. The zero-order valence-corrected chi connectivity index (χ0v) is 74.1. The van der Waals surface area contributed by atoms with Crippen LogP contribution < -0.4 is 28.3 Å². The van der Waals surface area contributed by atoms with Crippen molar-refractivity contribution in [1.29, 1.82) is 0 Å². The van der Waals surface area contributed by atoms with Crippen LogP contribution in [0.25, 0.3) is 0 Å². The number of methoxy groups -OCH3 is 3. The van der Waals surface area contributed by atoms with Gasteiger partial charge in [-0.3, -0.25) is 24.2 Å². The summed E-state index contributed by atoms with van der Waals surface area (Å²) in [5, 5.41) is 8.32. The summed E-state index contributed by atoms with van der Waals surface area (Å²) in [6, 6.07) is 45.9. The van der Waals surface area contributed by atoms with E-state index in [0.29, 0.717) is 35.2 Å². The lowest BCUT2D eigenvalue weighted by molar-refractivity contribution is -0.139. The molecule has 23 heteroatoms. The number of aliphatic imine (C=N–C) groups is 2. The van der Waals surface area contributed by atoms with Gasteiger partial charge in [0, 0.05) is 48.7 Å². The second kappa shape index (κ2) is 37.8. The number of ether oxygens (including phenoxy) is 3. The number of alkyl halides is 1. The molecule has 6 saturated carbocycles. The van der Waals surface area contributed by atoms with Gasteiger partial charge in [0.1, 0.15) is 23.3 Å². The highest BCUT2D eigenvalue weighted by atomic mass is 127. The average molecular weight is 1830 g/mol. The quantitative estimate of drug-likeness (QED) is 0.0221. The number of nitrogens with two attached hydrogens (primary N) is 2. The number of halogens is 6. The number of nitrogens with zero attached hydrogens (tertiary/aromatic N) is 4. The summed E-state index contributed by atoms with van der Waals surface area (Å²) in [4.78, 5) is 56.8. The zero-order valence-electron chi connectivity index (χ0n) is 68.5. The van der Waals surface area contributed by atoms with E-state index in [9.17, 15) is 27.2 Å². The number of benzene rings is 7. The van der Waals surface area contributed by atoms with Crippen LogP contribution in [-0.4, -0.2) is 90.4 Å². The third-order valence-electron chi connectivity index (χ3n) is 27.8. The SMILES string of the molecule is CN.COC1CCC2(CC1)Cc1ccc(CCC3CC3)cc1C21N=C(N)N(Cc2ccc(F)cc2)C1=O.COC1CCC2(CC1)Cc1ccc(CCC3CC3)cc1C21N=C(SCc2ccc(F)cc2)N(Cc2ccc(F)cc2)C1=O.COC1CCC2(CC1)Cc1ccc(CCC3CC3)cc1C21NC(=S)NC1=O.Fc1ccc(CBr)cc1.I.N. The number of rotatable bonds is 19. The van der Waals surface area contributed by atoms with Crippen molar-refractivity contribution in [3.05, 3.63) is 247 Å². The van der Waals surface area contributed by atoms with Crippen LogP contribution in [0, 0.1) is 57.3 Å². The van der Waals surface area contributed by atoms with E-state index < -0.39 is 16.6 Å². The van der Waals surface area contributed by atoms with Crippen LogP contribution >= 0.6 is 63.9 Å². The van der Waals surface area contributed by atoms with Crippen molar-refractivity contribution < 1.29 is 46.2 Å². The minimum atomic E-state index is -0.998. The number of carbonyl (C=O) groups is 3. The van der Waals surface area contributed by atoms with E-state index in [2.05, 4.69) is 86.9 Å². The molecule has 118 heavy (non-hydrogen) atoms. The molecular weight excluding hydrogens is 1710 g/mol. The van der Waals surface area contributed by atoms with Crippen molar-refractivity contribution in [2.75, 3.05) is 28.4 Å². The van der Waals surface area contributed by atoms with Gasteiger partial charge in [0.15, 0.2) is 32.9 Å². The van der Waals surface area contributed by atoms with E-state index in [-0.39, 0.29) is 106 Å². The minimum absolute atomic E-state index is 0. The maximum Gasteiger partial charge on any atom is 0.262 e. The number of hydrogen-bond acceptors (Lipinski definition) is 13. The van der Waals surface area contributed by atoms with E-state index in [0.717, 1.165) is 172 Å². The standard InChI is InChI=1S/C36H38F2N2O2S.C29H34FN3O2.C22H28N2O2S.C7H6BrF.CH5N.HI.H3N/c1-42-31-16-18-35(19-17-31)21-28-11-6-25(5-4-24-2-3-24)20-32(28)36(35)33(41)40(22-26-7-12-29(37)13-8-26)34(39-36)43-23-27-9-14-30(38)15-10-27;1-35-24-12-14-28(15-13-24)17-22-9-6-20(5-4-19-2-3-19)16-25(22)29(28)26(34)33(27(31)32-29)18-21-7-10-23(30)11-8-21;1-26-17-8-10-21(11-9-17)13-16-7-6-15(5-4-14-2-3-14)12-18(16)22(21)19(25)23-20(27)24-22;8-5-6-1-3-7(9)4-2-6;1-2;;/h6-15,20,24,31H,2-5,16-19,21-23H2,1H3;6-11,16,19,24H,2-5,12-15,17-18H2,1H3,(H2,31,32);6-7,12,14,17H,2-5,8-11,13H2,1H3,(H2,23,24,25,27);1-4H,5H2;2H2,1H3;1H;1H3. The molecule has 3 amide bonds. The summed E-state index contributed by atoms with van der Waals surface area (Å²) in [6.07, 6.45) is 29.4. The van der Waals surface area contributed by atoms with Gasteiger partial charge in [-0.05, 0) is 293 Å². The van der Waals surface area contributed by atoms with E-state index in [1.54, 1.807) is 74.8 Å². The number of carbonyl (C=O) groups excluding carboxylic acids is 3. The number of hydrogen-bond donors (Lipinski definition) is 5. The zero-order chi connectivity index (χ0) is 81.2. The summed E-state index contributed by atoms with van der Waals surface area (Å²) in [5.41, 5.74) is 22.3. The molecule has 0 aromatic heterocycles. The Bertz CT molecular complexity index is 4780. The first kappa shape index (κ1) is 88.8. The fraction of sp³-hybridized carbons (Fsp3) is 0.495. The van der Waals surface area contributed by atoms with Crippen LogP contribution in [0.1, 0.15) is 207 Å². The van der Waals surface area contributed by atoms with Crippen molar-refractivity contribution in [3.8, 4) is 0 Å². The number of fused-ring (bicyclic) bond motifs is 9. The van der Waals surface area contributed by atoms with Crippen LogP contribution in [0.3, 0.4) is 0 Å². The number of guanidine groups is 1. The molecule has 3 atom stereocenters. The number of thioether (sulfide) groups is 1. The molecule has 7 aromatic carbocycles. The molecular formula is C95H115BrF4IN9O6S2. The van der Waals surface area contributed by atoms with Gasteiger partial charge in [0.25, 0.3) is 17.7 Å². The predicted molar refractivity (Wildman–Crippen MR) is 478 cm³/mol. The molecule has 3 aliphatic heterocycles. The second-order valence-electron chi connectivity index (χ2n) is 34.8. The highest BCUT2D eigenvalue weighted by molar-refractivity contribution is 14.0. The number of thiocarbonyl (C=S) groups is 1. The van der Waals surface area contributed by atoms with Gasteiger partial charge < -0.3 is 42.5 Å². The lowest BCUT2D eigenvalue weighted by Crippen LogP contribution is -2.56. The maximum atomic E-state index is 15.1. The molecule has 630 valence electrons. The van der Waals surface area contributed by atoms with E-state index in [1.165, 1.54) is 164 Å². The van der Waals surface area contributed by atoms with Crippen molar-refractivity contribution in [2.24, 2.45) is 55.5 Å². The van der Waals surface area contributed by atoms with Gasteiger partial charge in [-0.25, -0.2) is 27.5 Å². The molecule has 1 saturated heterocycles. The Hall–Kier alpha value is -6.94. The third kappa shape index (κ3) is 18.0. The Morgan fingerprint density at radius 2 is 0.814 bits per heavy atom.